The Morgan fingerprint density at radius 1 is 0.765 bits per heavy atom. The van der Waals surface area contributed by atoms with Crippen LogP contribution in [-0.2, 0) is 4.57 Å². The Balaban J connectivity index is -0.0000000948. The van der Waals surface area contributed by atoms with E-state index in [4.69, 9.17) is 36.4 Å². The standard InChI is InChI=1S/C3H6N6.3Mg.H3O4P.6H/c4-1-7-2(5)9-3(6)8-1;;;;1-5(2,3)4;;;;;;/h(H6,4,5,6,7,8,9);;;;(H3,1,2,3,4);;;;;;. The molecule has 0 saturated heterocycles. The molecule has 0 aliphatic carbocycles. The minimum Gasteiger partial charge on any atom is -0.368 e. The number of phosphoric acid groups is 1. The van der Waals surface area contributed by atoms with Crippen molar-refractivity contribution in [2.75, 3.05) is 17.2 Å². The molecule has 1 aromatic rings. The van der Waals surface area contributed by atoms with Gasteiger partial charge in [-0.2, -0.15) is 15.0 Å². The second-order valence-electron chi connectivity index (χ2n) is 1.92. The number of anilines is 3. The minimum absolute atomic E-state index is 0. The predicted molar refractivity (Wildman–Crippen MR) is 73.0 cm³/mol. The quantitative estimate of drug-likeness (QED) is 0.199. The molecule has 0 fully saturated rings. The van der Waals surface area contributed by atoms with Crippen molar-refractivity contribution in [1.29, 1.82) is 0 Å². The van der Waals surface area contributed by atoms with E-state index in [0.717, 1.165) is 0 Å². The van der Waals surface area contributed by atoms with Gasteiger partial charge in [-0.15, -0.1) is 0 Å². The highest BCUT2D eigenvalue weighted by Crippen LogP contribution is 2.25. The normalized spacial score (nSPS) is 8.41. The smallest absolute Gasteiger partial charge is 0.368 e. The van der Waals surface area contributed by atoms with Crippen molar-refractivity contribution in [2.45, 2.75) is 0 Å². The summed E-state index contributed by atoms with van der Waals surface area (Å²) in [6.45, 7) is 0. The van der Waals surface area contributed by atoms with Crippen LogP contribution in [0.2, 0.25) is 0 Å². The zero-order chi connectivity index (χ0) is 11.4. The fourth-order valence-electron chi connectivity index (χ4n) is 0.427. The lowest BCUT2D eigenvalue weighted by atomic mass is 10.9. The summed E-state index contributed by atoms with van der Waals surface area (Å²) >= 11 is 0. The molecule has 0 saturated carbocycles. The van der Waals surface area contributed by atoms with Crippen molar-refractivity contribution in [3.05, 3.63) is 0 Å². The molecule has 10 nitrogen and oxygen atoms in total. The Kier molecular flexibility index (Phi) is 18.5. The van der Waals surface area contributed by atoms with Crippen molar-refractivity contribution >= 4 is 94.8 Å². The van der Waals surface area contributed by atoms with Crippen LogP contribution in [0.25, 0.3) is 0 Å². The van der Waals surface area contributed by atoms with Crippen LogP contribution in [0.1, 0.15) is 0 Å². The van der Waals surface area contributed by atoms with Gasteiger partial charge in [0.2, 0.25) is 17.8 Å². The molecular formula is C3H15Mg3N6O4P. The maximum atomic E-state index is 8.88. The second kappa shape index (κ2) is 11.9. The Hall–Kier alpha value is 0.819. The van der Waals surface area contributed by atoms with Crippen LogP contribution < -0.4 is 17.2 Å². The summed E-state index contributed by atoms with van der Waals surface area (Å²) in [5, 5.41) is 0. The number of hydrogen-bond acceptors (Lipinski definition) is 7. The minimum atomic E-state index is -4.64. The molecule has 0 aliphatic heterocycles. The van der Waals surface area contributed by atoms with Gasteiger partial charge in [-0.3, -0.25) is 0 Å². The van der Waals surface area contributed by atoms with Crippen molar-refractivity contribution in [3.63, 3.8) is 0 Å². The Bertz CT molecular complexity index is 304. The lowest BCUT2D eigenvalue weighted by Crippen LogP contribution is -2.05. The highest BCUT2D eigenvalue weighted by Gasteiger charge is 2.00. The molecule has 1 rings (SSSR count). The first-order valence-corrected chi connectivity index (χ1v) is 4.56. The summed E-state index contributed by atoms with van der Waals surface area (Å²) in [6, 6.07) is 0. The van der Waals surface area contributed by atoms with E-state index in [1.807, 2.05) is 0 Å². The highest BCUT2D eigenvalue weighted by atomic mass is 31.2. The van der Waals surface area contributed by atoms with Gasteiger partial charge >= 0.3 is 77.0 Å². The van der Waals surface area contributed by atoms with Gasteiger partial charge < -0.3 is 31.9 Å². The molecule has 0 atom stereocenters. The van der Waals surface area contributed by atoms with Crippen LogP contribution >= 0.6 is 7.82 Å². The van der Waals surface area contributed by atoms with E-state index in [1.165, 1.54) is 0 Å². The zero-order valence-electron chi connectivity index (χ0n) is 6.77. The summed E-state index contributed by atoms with van der Waals surface area (Å²) in [5.74, 6) is 0.125. The first kappa shape index (κ1) is 26.4. The monoisotopic (exact) mass is 302 g/mol. The van der Waals surface area contributed by atoms with Gasteiger partial charge in [-0.25, -0.2) is 4.57 Å². The molecule has 0 aliphatic rings. The molecule has 17 heavy (non-hydrogen) atoms. The van der Waals surface area contributed by atoms with Gasteiger partial charge in [0, 0.05) is 0 Å². The molecule has 0 amide bonds. The third-order valence-electron chi connectivity index (χ3n) is 0.687. The second-order valence-corrected chi connectivity index (χ2v) is 2.95. The van der Waals surface area contributed by atoms with E-state index >= 15 is 0 Å². The Morgan fingerprint density at radius 3 is 1.00 bits per heavy atom. The van der Waals surface area contributed by atoms with Gasteiger partial charge in [0.05, 0.1) is 0 Å². The van der Waals surface area contributed by atoms with Gasteiger partial charge in [-0.1, -0.05) is 0 Å². The summed E-state index contributed by atoms with van der Waals surface area (Å²) in [5.41, 5.74) is 15.4. The van der Waals surface area contributed by atoms with Crippen LogP contribution in [0.5, 0.6) is 0 Å². The maximum absolute atomic E-state index is 8.88. The van der Waals surface area contributed by atoms with E-state index in [2.05, 4.69) is 15.0 Å². The fourth-order valence-corrected chi connectivity index (χ4v) is 0.427. The van der Waals surface area contributed by atoms with Crippen LogP contribution in [-0.4, -0.2) is 98.8 Å². The number of rotatable bonds is 0. The maximum Gasteiger partial charge on any atom is 0.466 e. The first-order chi connectivity index (χ1) is 6.18. The molecule has 0 aromatic carbocycles. The van der Waals surface area contributed by atoms with Crippen LogP contribution in [0, 0.1) is 0 Å². The summed E-state index contributed by atoms with van der Waals surface area (Å²) in [7, 11) is -4.64. The van der Waals surface area contributed by atoms with Gasteiger partial charge in [0.25, 0.3) is 0 Å². The van der Waals surface area contributed by atoms with E-state index in [0.29, 0.717) is 0 Å². The number of nitrogen functional groups attached to an aromatic ring is 3. The largest absolute Gasteiger partial charge is 0.466 e. The number of nitrogens with two attached hydrogens (primary N) is 3. The van der Waals surface area contributed by atoms with Gasteiger partial charge in [-0.05, 0) is 0 Å². The fraction of sp³-hybridized carbons (Fsp3) is 0. The SMILES string of the molecule is Nc1nc(N)nc(N)n1.O=P(O)(O)O.[MgH2].[MgH2].[MgH2]. The topological polar surface area (TPSA) is 194 Å². The molecule has 1 heterocycles. The molecule has 1 aromatic heterocycles. The number of aromatic nitrogens is 3. The lowest BCUT2D eigenvalue weighted by molar-refractivity contribution is 0.275. The van der Waals surface area contributed by atoms with Crippen LogP contribution in [0.3, 0.4) is 0 Å². The average Bonchev–Trinajstić information content (AvgIpc) is 1.77. The summed E-state index contributed by atoms with van der Waals surface area (Å²) < 4.78 is 8.88. The Morgan fingerprint density at radius 2 is 0.882 bits per heavy atom. The molecule has 0 unspecified atom stereocenters. The molecule has 14 heteroatoms. The predicted octanol–water partition coefficient (Wildman–Crippen LogP) is -5.06. The van der Waals surface area contributed by atoms with Crippen molar-refractivity contribution in [1.82, 2.24) is 15.0 Å². The highest BCUT2D eigenvalue weighted by molar-refractivity contribution is 7.45. The van der Waals surface area contributed by atoms with E-state index < -0.39 is 7.82 Å². The van der Waals surface area contributed by atoms with Gasteiger partial charge in [0.15, 0.2) is 0 Å². The van der Waals surface area contributed by atoms with Crippen LogP contribution in [0.15, 0.2) is 0 Å². The van der Waals surface area contributed by atoms with Gasteiger partial charge in [0.1, 0.15) is 0 Å². The number of nitrogens with zero attached hydrogens (tertiary/aromatic N) is 3. The molecule has 9 N–H and O–H groups in total. The third kappa shape index (κ3) is 22.5. The molecule has 0 spiro atoms. The third-order valence-corrected chi connectivity index (χ3v) is 0.687. The molecule has 92 valence electrons. The average molecular weight is 303 g/mol. The van der Waals surface area contributed by atoms with E-state index in [9.17, 15) is 0 Å². The number of hydrogen-bond donors (Lipinski definition) is 6. The Labute approximate surface area is 145 Å². The van der Waals surface area contributed by atoms with Crippen LogP contribution in [0.4, 0.5) is 17.8 Å². The lowest BCUT2D eigenvalue weighted by Gasteiger charge is -1.93. The van der Waals surface area contributed by atoms with E-state index in [1.54, 1.807) is 0 Å². The molecule has 0 bridgehead atoms. The first-order valence-electron chi connectivity index (χ1n) is 2.99. The zero-order valence-corrected chi connectivity index (χ0v) is 7.67. The van der Waals surface area contributed by atoms with E-state index in [-0.39, 0.29) is 87.0 Å². The van der Waals surface area contributed by atoms with Crippen molar-refractivity contribution in [2.24, 2.45) is 0 Å². The summed E-state index contributed by atoms with van der Waals surface area (Å²) in [4.78, 5) is 32.0. The van der Waals surface area contributed by atoms with Crippen molar-refractivity contribution in [3.8, 4) is 0 Å². The molecular weight excluding hydrogens is 288 g/mol. The summed E-state index contributed by atoms with van der Waals surface area (Å²) in [6.07, 6.45) is 0. The van der Waals surface area contributed by atoms with Crippen molar-refractivity contribution < 1.29 is 19.2 Å². The molecule has 0 radical (unpaired) electrons.